The number of non-ortho nitro benzene ring substituents is 1. The highest BCUT2D eigenvalue weighted by atomic mass is 19.4. The van der Waals surface area contributed by atoms with Crippen LogP contribution in [-0.2, 0) is 11.0 Å². The van der Waals surface area contributed by atoms with Gasteiger partial charge in [0, 0.05) is 29.5 Å². The van der Waals surface area contributed by atoms with E-state index in [0.29, 0.717) is 12.1 Å². The lowest BCUT2D eigenvalue weighted by atomic mass is 10.1. The molecule has 0 spiro atoms. The zero-order chi connectivity index (χ0) is 20.2. The number of carboxylic acids is 1. The maximum Gasteiger partial charge on any atom is 0.416 e. The highest BCUT2D eigenvalue weighted by Crippen LogP contribution is 2.30. The Labute approximate surface area is 149 Å². The number of carbonyl (C=O) groups excluding carboxylic acids is 2. The van der Waals surface area contributed by atoms with E-state index in [2.05, 4.69) is 5.32 Å². The van der Waals surface area contributed by atoms with E-state index in [0.717, 1.165) is 36.4 Å². The quantitative estimate of drug-likeness (QED) is 0.357. The first kappa shape index (κ1) is 19.6. The van der Waals surface area contributed by atoms with Gasteiger partial charge in [-0.05, 0) is 30.3 Å². The predicted molar refractivity (Wildman–Crippen MR) is 85.6 cm³/mol. The fourth-order valence-electron chi connectivity index (χ4n) is 2.04. The number of allylic oxidation sites excluding steroid dienone is 1. The van der Waals surface area contributed by atoms with Crippen molar-refractivity contribution in [3.63, 3.8) is 0 Å². The Bertz CT molecular complexity index is 921. The molecule has 0 amide bonds. The summed E-state index contributed by atoms with van der Waals surface area (Å²) in [4.78, 5) is 33.2. The van der Waals surface area contributed by atoms with Crippen LogP contribution in [0.15, 0.2) is 60.3 Å². The standard InChI is InChI=1S/C17H11F3N2O5/c18-17(19,20)11-2-1-3-12(8-11)21-14(16(24)25)9-15(23)10-4-6-13(7-5-10)22(26)27/h1-9,21H,(H,24,25)/p-1/b14-9+. The molecule has 0 saturated heterocycles. The van der Waals surface area contributed by atoms with Gasteiger partial charge in [-0.2, -0.15) is 13.2 Å². The molecule has 0 radical (unpaired) electrons. The second-order valence-electron chi connectivity index (χ2n) is 5.22. The SMILES string of the molecule is O=C([O-])/C(=C\C(=O)c1ccc([N+](=O)[O-])cc1)Nc1cccc(C(F)(F)F)c1. The van der Waals surface area contributed by atoms with E-state index in [1.165, 1.54) is 6.07 Å². The van der Waals surface area contributed by atoms with E-state index in [-0.39, 0.29) is 16.9 Å². The number of benzene rings is 2. The van der Waals surface area contributed by atoms with Gasteiger partial charge in [-0.15, -0.1) is 0 Å². The van der Waals surface area contributed by atoms with Crippen LogP contribution < -0.4 is 10.4 Å². The summed E-state index contributed by atoms with van der Waals surface area (Å²) in [5.74, 6) is -2.65. The first-order chi connectivity index (χ1) is 12.6. The summed E-state index contributed by atoms with van der Waals surface area (Å²) in [7, 11) is 0. The highest BCUT2D eigenvalue weighted by molar-refractivity contribution is 6.09. The van der Waals surface area contributed by atoms with Crippen molar-refractivity contribution in [2.75, 3.05) is 5.32 Å². The third kappa shape index (κ3) is 5.14. The van der Waals surface area contributed by atoms with E-state index in [4.69, 9.17) is 0 Å². The predicted octanol–water partition coefficient (Wildman–Crippen LogP) is 2.54. The Hall–Kier alpha value is -3.69. The molecule has 2 aromatic carbocycles. The molecule has 10 heteroatoms. The molecule has 0 bridgehead atoms. The van der Waals surface area contributed by atoms with Gasteiger partial charge >= 0.3 is 6.18 Å². The largest absolute Gasteiger partial charge is 0.543 e. The van der Waals surface area contributed by atoms with Gasteiger partial charge in [0.2, 0.25) is 0 Å². The number of nitro benzene ring substituents is 1. The maximum atomic E-state index is 12.7. The van der Waals surface area contributed by atoms with Crippen molar-refractivity contribution in [1.82, 2.24) is 0 Å². The van der Waals surface area contributed by atoms with Gasteiger partial charge in [0.25, 0.3) is 5.69 Å². The molecule has 1 N–H and O–H groups in total. The molecular formula is C17H10F3N2O5-. The van der Waals surface area contributed by atoms with Crippen LogP contribution >= 0.6 is 0 Å². The van der Waals surface area contributed by atoms with E-state index < -0.39 is 34.1 Å². The van der Waals surface area contributed by atoms with Crippen molar-refractivity contribution in [1.29, 1.82) is 0 Å². The molecule has 0 aliphatic heterocycles. The summed E-state index contributed by atoms with van der Waals surface area (Å²) in [6, 6.07) is 8.07. The summed E-state index contributed by atoms with van der Waals surface area (Å²) in [5, 5.41) is 24.0. The molecule has 0 aliphatic carbocycles. The number of carboxylic acid groups (broad SMARTS) is 1. The minimum atomic E-state index is -4.63. The molecule has 0 heterocycles. The number of nitro groups is 1. The van der Waals surface area contributed by atoms with Gasteiger partial charge in [0.05, 0.1) is 22.2 Å². The second-order valence-corrected chi connectivity index (χ2v) is 5.22. The van der Waals surface area contributed by atoms with E-state index >= 15 is 0 Å². The fraction of sp³-hybridized carbons (Fsp3) is 0.0588. The van der Waals surface area contributed by atoms with Crippen molar-refractivity contribution in [2.45, 2.75) is 6.18 Å². The van der Waals surface area contributed by atoms with Crippen LogP contribution in [0.5, 0.6) is 0 Å². The van der Waals surface area contributed by atoms with Crippen LogP contribution in [0.25, 0.3) is 0 Å². The van der Waals surface area contributed by atoms with Crippen LogP contribution in [0.4, 0.5) is 24.5 Å². The molecule has 0 aliphatic rings. The van der Waals surface area contributed by atoms with Gasteiger partial charge in [-0.1, -0.05) is 6.07 Å². The number of carbonyl (C=O) groups is 2. The van der Waals surface area contributed by atoms with Crippen molar-refractivity contribution in [2.24, 2.45) is 0 Å². The molecule has 0 saturated carbocycles. The number of ketones is 1. The fourth-order valence-corrected chi connectivity index (χ4v) is 2.04. The van der Waals surface area contributed by atoms with Crippen molar-refractivity contribution in [3.8, 4) is 0 Å². The van der Waals surface area contributed by atoms with Crippen molar-refractivity contribution >= 4 is 23.1 Å². The lowest BCUT2D eigenvalue weighted by Crippen LogP contribution is -2.29. The van der Waals surface area contributed by atoms with Gasteiger partial charge in [0.1, 0.15) is 0 Å². The molecular weight excluding hydrogens is 369 g/mol. The monoisotopic (exact) mass is 379 g/mol. The number of halogens is 3. The first-order valence-electron chi connectivity index (χ1n) is 7.24. The Kier molecular flexibility index (Phi) is 5.59. The number of hydrogen-bond donors (Lipinski definition) is 1. The Morgan fingerprint density at radius 1 is 1.07 bits per heavy atom. The topological polar surface area (TPSA) is 112 Å². The summed E-state index contributed by atoms with van der Waals surface area (Å²) in [5.41, 5.74) is -2.30. The molecule has 0 atom stereocenters. The number of rotatable bonds is 6. The summed E-state index contributed by atoms with van der Waals surface area (Å²) in [6.45, 7) is 0. The van der Waals surface area contributed by atoms with Crippen LogP contribution in [0.3, 0.4) is 0 Å². The van der Waals surface area contributed by atoms with Crippen LogP contribution in [-0.4, -0.2) is 16.7 Å². The average molecular weight is 379 g/mol. The second kappa shape index (κ2) is 7.68. The summed E-state index contributed by atoms with van der Waals surface area (Å²) >= 11 is 0. The van der Waals surface area contributed by atoms with Crippen LogP contribution in [0.2, 0.25) is 0 Å². The molecule has 2 rings (SSSR count). The smallest absolute Gasteiger partial charge is 0.416 e. The number of anilines is 1. The molecule has 0 unspecified atom stereocenters. The third-order valence-electron chi connectivity index (χ3n) is 3.33. The van der Waals surface area contributed by atoms with Crippen LogP contribution in [0.1, 0.15) is 15.9 Å². The van der Waals surface area contributed by atoms with Gasteiger partial charge in [-0.25, -0.2) is 0 Å². The lowest BCUT2D eigenvalue weighted by molar-refractivity contribution is -0.384. The van der Waals surface area contributed by atoms with Crippen molar-refractivity contribution in [3.05, 3.63) is 81.5 Å². The first-order valence-corrected chi connectivity index (χ1v) is 7.24. The number of hydrogen-bond acceptors (Lipinski definition) is 6. The minimum absolute atomic E-state index is 0.0507. The Morgan fingerprint density at radius 3 is 2.22 bits per heavy atom. The van der Waals surface area contributed by atoms with Gasteiger partial charge in [-0.3, -0.25) is 14.9 Å². The van der Waals surface area contributed by atoms with E-state index in [9.17, 15) is 38.0 Å². The number of aliphatic carboxylic acids is 1. The molecule has 0 aromatic heterocycles. The molecule has 27 heavy (non-hydrogen) atoms. The summed E-state index contributed by atoms with van der Waals surface area (Å²) in [6.07, 6.45) is -4.01. The molecule has 2 aromatic rings. The van der Waals surface area contributed by atoms with Gasteiger partial charge in [0.15, 0.2) is 5.78 Å². The molecule has 7 nitrogen and oxygen atoms in total. The zero-order valence-corrected chi connectivity index (χ0v) is 13.3. The lowest BCUT2D eigenvalue weighted by Gasteiger charge is -2.14. The number of nitrogens with one attached hydrogen (secondary N) is 1. The van der Waals surface area contributed by atoms with Crippen molar-refractivity contribution < 1.29 is 32.8 Å². The normalized spacial score (nSPS) is 11.7. The minimum Gasteiger partial charge on any atom is -0.543 e. The third-order valence-corrected chi connectivity index (χ3v) is 3.33. The Balaban J connectivity index is 2.28. The number of nitrogens with zero attached hydrogens (tertiary/aromatic N) is 1. The highest BCUT2D eigenvalue weighted by Gasteiger charge is 2.30. The Morgan fingerprint density at radius 2 is 1.70 bits per heavy atom. The zero-order valence-electron chi connectivity index (χ0n) is 13.3. The summed E-state index contributed by atoms with van der Waals surface area (Å²) < 4.78 is 38.1. The number of alkyl halides is 3. The molecule has 140 valence electrons. The maximum absolute atomic E-state index is 12.7. The van der Waals surface area contributed by atoms with E-state index in [1.807, 2.05) is 0 Å². The average Bonchev–Trinajstić information content (AvgIpc) is 2.60. The van der Waals surface area contributed by atoms with Gasteiger partial charge < -0.3 is 15.2 Å². The molecule has 0 fully saturated rings. The van der Waals surface area contributed by atoms with E-state index in [1.54, 1.807) is 0 Å². The van der Waals surface area contributed by atoms with Crippen LogP contribution in [0, 0.1) is 10.1 Å².